The molecule has 1 atom stereocenters. The van der Waals surface area contributed by atoms with Crippen LogP contribution >= 0.6 is 0 Å². The monoisotopic (exact) mass is 275 g/mol. The molecular formula is C12H13N5O3. The highest BCUT2D eigenvalue weighted by atomic mass is 16.5. The van der Waals surface area contributed by atoms with E-state index in [0.717, 1.165) is 0 Å². The van der Waals surface area contributed by atoms with Gasteiger partial charge in [-0.2, -0.15) is 0 Å². The molecular weight excluding hydrogens is 262 g/mol. The highest BCUT2D eigenvalue weighted by molar-refractivity contribution is 5.94. The number of ether oxygens (including phenoxy) is 1. The Hall–Kier alpha value is -2.77. The van der Waals surface area contributed by atoms with Gasteiger partial charge in [0, 0.05) is 18.0 Å². The summed E-state index contributed by atoms with van der Waals surface area (Å²) in [6.07, 6.45) is 3.12. The number of esters is 1. The molecule has 0 fully saturated rings. The van der Waals surface area contributed by atoms with E-state index in [1.165, 1.54) is 11.8 Å². The number of pyridine rings is 1. The molecule has 2 aromatic heterocycles. The van der Waals surface area contributed by atoms with Crippen LogP contribution in [0.4, 0.5) is 0 Å². The number of amides is 1. The van der Waals surface area contributed by atoms with Gasteiger partial charge in [-0.3, -0.25) is 9.78 Å². The number of carbonyl (C=O) groups excluding carboxylic acids is 2. The molecule has 2 N–H and O–H groups in total. The first-order chi connectivity index (χ1) is 9.56. The lowest BCUT2D eigenvalue weighted by atomic mass is 10.1. The van der Waals surface area contributed by atoms with Gasteiger partial charge >= 0.3 is 5.97 Å². The molecule has 2 heterocycles. The first-order valence-corrected chi connectivity index (χ1v) is 5.79. The van der Waals surface area contributed by atoms with Crippen molar-refractivity contribution in [2.24, 2.45) is 5.73 Å². The third kappa shape index (κ3) is 2.35. The number of nitrogens with zero attached hydrogens (tertiary/aromatic N) is 4. The number of aromatic nitrogens is 4. The summed E-state index contributed by atoms with van der Waals surface area (Å²) in [5, 5.41) is 7.60. The zero-order chi connectivity index (χ0) is 14.7. The molecule has 1 unspecified atom stereocenters. The lowest BCUT2D eigenvalue weighted by molar-refractivity contribution is -0.120. The number of hydrogen-bond donors (Lipinski definition) is 1. The summed E-state index contributed by atoms with van der Waals surface area (Å²) in [7, 11) is 1.25. The van der Waals surface area contributed by atoms with Crippen molar-refractivity contribution in [1.29, 1.82) is 0 Å². The first-order valence-electron chi connectivity index (χ1n) is 5.79. The van der Waals surface area contributed by atoms with E-state index in [9.17, 15) is 9.59 Å². The van der Waals surface area contributed by atoms with Crippen molar-refractivity contribution in [3.8, 4) is 11.3 Å². The highest BCUT2D eigenvalue weighted by Crippen LogP contribution is 2.24. The first kappa shape index (κ1) is 13.7. The van der Waals surface area contributed by atoms with Crippen LogP contribution in [0.2, 0.25) is 0 Å². The van der Waals surface area contributed by atoms with Crippen LogP contribution in [0.5, 0.6) is 0 Å². The van der Waals surface area contributed by atoms with Crippen LogP contribution in [-0.2, 0) is 9.53 Å². The molecule has 0 bridgehead atoms. The number of rotatable bonds is 4. The lowest BCUT2D eigenvalue weighted by Gasteiger charge is -2.11. The zero-order valence-electron chi connectivity index (χ0n) is 11.0. The minimum absolute atomic E-state index is 0.0202. The summed E-state index contributed by atoms with van der Waals surface area (Å²) in [4.78, 5) is 27.0. The average molecular weight is 275 g/mol. The summed E-state index contributed by atoms with van der Waals surface area (Å²) in [6, 6.07) is 2.61. The predicted molar refractivity (Wildman–Crippen MR) is 68.5 cm³/mol. The van der Waals surface area contributed by atoms with Gasteiger partial charge in [-0.15, -0.1) is 5.10 Å². The molecule has 2 rings (SSSR count). The minimum Gasteiger partial charge on any atom is -0.464 e. The van der Waals surface area contributed by atoms with Crippen molar-refractivity contribution in [3.05, 3.63) is 30.2 Å². The fourth-order valence-corrected chi connectivity index (χ4v) is 1.70. The van der Waals surface area contributed by atoms with Gasteiger partial charge in [-0.1, -0.05) is 5.21 Å². The van der Waals surface area contributed by atoms with Gasteiger partial charge in [0.1, 0.15) is 11.7 Å². The predicted octanol–water partition coefficient (Wildman–Crippen LogP) is 0.173. The van der Waals surface area contributed by atoms with Crippen molar-refractivity contribution >= 4 is 11.9 Å². The summed E-state index contributed by atoms with van der Waals surface area (Å²) < 4.78 is 5.96. The third-order valence-corrected chi connectivity index (χ3v) is 2.81. The topological polar surface area (TPSA) is 113 Å². The van der Waals surface area contributed by atoms with Crippen molar-refractivity contribution in [1.82, 2.24) is 20.0 Å². The molecule has 1 amide bonds. The largest absolute Gasteiger partial charge is 0.464 e. The van der Waals surface area contributed by atoms with E-state index in [-0.39, 0.29) is 5.69 Å². The zero-order valence-corrected chi connectivity index (χ0v) is 11.0. The number of carbonyl (C=O) groups is 2. The Balaban J connectivity index is 2.63. The van der Waals surface area contributed by atoms with E-state index in [1.807, 2.05) is 0 Å². The molecule has 104 valence electrons. The molecule has 0 aliphatic carbocycles. The quantitative estimate of drug-likeness (QED) is 0.796. The van der Waals surface area contributed by atoms with Crippen LogP contribution < -0.4 is 5.73 Å². The smallest absolute Gasteiger partial charge is 0.360 e. The fraction of sp³-hybridized carbons (Fsp3) is 0.250. The van der Waals surface area contributed by atoms with Gasteiger partial charge in [0.15, 0.2) is 5.69 Å². The van der Waals surface area contributed by atoms with Crippen LogP contribution in [0.25, 0.3) is 11.3 Å². The maximum atomic E-state index is 11.7. The Morgan fingerprint density at radius 3 is 2.55 bits per heavy atom. The molecule has 0 aliphatic heterocycles. The molecule has 0 aromatic carbocycles. The molecule has 8 heteroatoms. The number of primary amides is 1. The molecule has 0 aliphatic rings. The van der Waals surface area contributed by atoms with Gasteiger partial charge in [0.05, 0.1) is 7.11 Å². The van der Waals surface area contributed by atoms with Crippen molar-refractivity contribution in [2.45, 2.75) is 13.0 Å². The van der Waals surface area contributed by atoms with Gasteiger partial charge in [-0.05, 0) is 19.1 Å². The number of hydrogen-bond acceptors (Lipinski definition) is 6. The second-order valence-electron chi connectivity index (χ2n) is 4.04. The molecule has 0 spiro atoms. The molecule has 2 aromatic rings. The van der Waals surface area contributed by atoms with Crippen LogP contribution in [-0.4, -0.2) is 39.0 Å². The highest BCUT2D eigenvalue weighted by Gasteiger charge is 2.26. The Labute approximate surface area is 114 Å². The molecule has 0 saturated heterocycles. The lowest BCUT2D eigenvalue weighted by Crippen LogP contribution is -2.25. The Morgan fingerprint density at radius 1 is 1.35 bits per heavy atom. The van der Waals surface area contributed by atoms with Gasteiger partial charge < -0.3 is 10.5 Å². The normalized spacial score (nSPS) is 11.9. The SMILES string of the molecule is COC(=O)c1nnn(C(C)C(N)=O)c1-c1ccncc1. The average Bonchev–Trinajstić information content (AvgIpc) is 2.91. The van der Waals surface area contributed by atoms with E-state index in [2.05, 4.69) is 20.0 Å². The number of methoxy groups -OCH3 is 1. The van der Waals surface area contributed by atoms with E-state index in [4.69, 9.17) is 5.73 Å². The maximum Gasteiger partial charge on any atom is 0.360 e. The van der Waals surface area contributed by atoms with Gasteiger partial charge in [0.25, 0.3) is 0 Å². The van der Waals surface area contributed by atoms with Crippen molar-refractivity contribution < 1.29 is 14.3 Å². The van der Waals surface area contributed by atoms with Crippen LogP contribution in [0, 0.1) is 0 Å². The Morgan fingerprint density at radius 2 is 2.00 bits per heavy atom. The second kappa shape index (κ2) is 5.47. The number of nitrogens with two attached hydrogens (primary N) is 1. The molecule has 8 nitrogen and oxygen atoms in total. The van der Waals surface area contributed by atoms with Gasteiger partial charge in [-0.25, -0.2) is 9.48 Å². The molecule has 20 heavy (non-hydrogen) atoms. The van der Waals surface area contributed by atoms with Crippen molar-refractivity contribution in [2.75, 3.05) is 7.11 Å². The second-order valence-corrected chi connectivity index (χ2v) is 4.04. The van der Waals surface area contributed by atoms with Crippen molar-refractivity contribution in [3.63, 3.8) is 0 Å². The summed E-state index contributed by atoms with van der Waals surface area (Å²) in [5.41, 5.74) is 6.30. The molecule has 0 saturated carbocycles. The standard InChI is InChI=1S/C12H13N5O3/c1-7(11(13)18)17-10(8-3-5-14-6-4-8)9(15-16-17)12(19)20-2/h3-7H,1-2H3,(H2,13,18). The molecule has 0 radical (unpaired) electrons. The summed E-state index contributed by atoms with van der Waals surface area (Å²) in [6.45, 7) is 1.57. The maximum absolute atomic E-state index is 11.7. The van der Waals surface area contributed by atoms with Crippen LogP contribution in [0.15, 0.2) is 24.5 Å². The Bertz CT molecular complexity index is 638. The minimum atomic E-state index is -0.746. The summed E-state index contributed by atoms with van der Waals surface area (Å²) >= 11 is 0. The van der Waals surface area contributed by atoms with E-state index < -0.39 is 17.9 Å². The van der Waals surface area contributed by atoms with Gasteiger partial charge in [0.2, 0.25) is 5.91 Å². The van der Waals surface area contributed by atoms with E-state index >= 15 is 0 Å². The summed E-state index contributed by atoms with van der Waals surface area (Å²) in [5.74, 6) is -1.22. The van der Waals surface area contributed by atoms with E-state index in [1.54, 1.807) is 31.5 Å². The van der Waals surface area contributed by atoms with Crippen LogP contribution in [0.1, 0.15) is 23.5 Å². The fourth-order valence-electron chi connectivity index (χ4n) is 1.70. The van der Waals surface area contributed by atoms with Crippen LogP contribution in [0.3, 0.4) is 0 Å². The Kier molecular flexibility index (Phi) is 3.74. The van der Waals surface area contributed by atoms with E-state index in [0.29, 0.717) is 11.3 Å². The third-order valence-electron chi connectivity index (χ3n) is 2.81.